The molecule has 0 atom stereocenters. The molecule has 29 heavy (non-hydrogen) atoms. The Labute approximate surface area is 172 Å². The SMILES string of the molecule is C/C=C/COc1cc(C)c(OCC#CCOc2ccc(/C=N/OC)cc2)c(C)c1. The van der Waals surface area contributed by atoms with Crippen LogP contribution in [-0.4, -0.2) is 33.1 Å². The third kappa shape index (κ3) is 7.63. The third-order valence-corrected chi connectivity index (χ3v) is 3.93. The summed E-state index contributed by atoms with van der Waals surface area (Å²) in [6, 6.07) is 11.5. The van der Waals surface area contributed by atoms with Crippen molar-refractivity contribution in [3.8, 4) is 29.1 Å². The van der Waals surface area contributed by atoms with Crippen LogP contribution in [0, 0.1) is 25.7 Å². The molecule has 0 unspecified atom stereocenters. The summed E-state index contributed by atoms with van der Waals surface area (Å²) in [7, 11) is 1.51. The minimum absolute atomic E-state index is 0.296. The molecule has 0 aliphatic rings. The Bertz CT molecular complexity index is 866. The largest absolute Gasteiger partial charge is 0.490 e. The van der Waals surface area contributed by atoms with Crippen LogP contribution in [0.2, 0.25) is 0 Å². The number of benzene rings is 2. The molecule has 0 heterocycles. The zero-order valence-electron chi connectivity index (χ0n) is 17.4. The van der Waals surface area contributed by atoms with Crippen LogP contribution in [0.5, 0.6) is 17.2 Å². The molecule has 0 aromatic heterocycles. The fourth-order valence-corrected chi connectivity index (χ4v) is 2.56. The predicted octanol–water partition coefficient (Wildman–Crippen LogP) is 4.70. The van der Waals surface area contributed by atoms with Gasteiger partial charge < -0.3 is 19.0 Å². The normalized spacial score (nSPS) is 10.6. The Morgan fingerprint density at radius 3 is 2.17 bits per heavy atom. The lowest BCUT2D eigenvalue weighted by Crippen LogP contribution is -2.01. The number of nitrogens with zero attached hydrogens (tertiary/aromatic N) is 1. The van der Waals surface area contributed by atoms with Gasteiger partial charge in [0.05, 0.1) is 6.21 Å². The van der Waals surface area contributed by atoms with E-state index >= 15 is 0 Å². The monoisotopic (exact) mass is 393 g/mol. The summed E-state index contributed by atoms with van der Waals surface area (Å²) >= 11 is 0. The average molecular weight is 393 g/mol. The van der Waals surface area contributed by atoms with E-state index in [1.165, 1.54) is 7.11 Å². The molecule has 0 saturated heterocycles. The van der Waals surface area contributed by atoms with Crippen LogP contribution in [0.4, 0.5) is 0 Å². The molecule has 2 aromatic rings. The van der Waals surface area contributed by atoms with E-state index < -0.39 is 0 Å². The van der Waals surface area contributed by atoms with Crippen molar-refractivity contribution in [2.24, 2.45) is 5.16 Å². The molecule has 5 heteroatoms. The van der Waals surface area contributed by atoms with E-state index in [9.17, 15) is 0 Å². The fraction of sp³-hybridized carbons (Fsp3) is 0.292. The van der Waals surface area contributed by atoms with E-state index in [4.69, 9.17) is 14.2 Å². The van der Waals surface area contributed by atoms with Crippen LogP contribution >= 0.6 is 0 Å². The van der Waals surface area contributed by atoms with Gasteiger partial charge >= 0.3 is 0 Å². The van der Waals surface area contributed by atoms with Crippen molar-refractivity contribution in [3.05, 3.63) is 65.2 Å². The van der Waals surface area contributed by atoms with Crippen molar-refractivity contribution in [2.45, 2.75) is 20.8 Å². The molecule has 152 valence electrons. The molecular weight excluding hydrogens is 366 g/mol. The standard InChI is InChI=1S/C24H27NO4/c1-5-6-13-28-23-16-19(2)24(20(3)17-23)29-15-8-7-14-27-22-11-9-21(10-12-22)18-25-26-4/h5-6,9-12,16-18H,13-15H2,1-4H3/b6-5+,25-18+. The smallest absolute Gasteiger partial charge is 0.149 e. The van der Waals surface area contributed by atoms with Gasteiger partial charge in [-0.1, -0.05) is 29.1 Å². The molecule has 2 aromatic carbocycles. The lowest BCUT2D eigenvalue weighted by atomic mass is 10.1. The Balaban J connectivity index is 1.80. The molecule has 5 nitrogen and oxygen atoms in total. The first-order chi connectivity index (χ1) is 14.1. The maximum Gasteiger partial charge on any atom is 0.149 e. The molecule has 0 aliphatic heterocycles. The Morgan fingerprint density at radius 1 is 0.897 bits per heavy atom. The Morgan fingerprint density at radius 2 is 1.55 bits per heavy atom. The van der Waals surface area contributed by atoms with E-state index in [0.717, 1.165) is 33.9 Å². The maximum absolute atomic E-state index is 5.83. The summed E-state index contributed by atoms with van der Waals surface area (Å²) in [6.45, 7) is 7.13. The second kappa shape index (κ2) is 12.1. The van der Waals surface area contributed by atoms with Gasteiger partial charge in [0.15, 0.2) is 0 Å². The van der Waals surface area contributed by atoms with Crippen molar-refractivity contribution >= 4 is 6.21 Å². The van der Waals surface area contributed by atoms with E-state index in [1.54, 1.807) is 6.21 Å². The number of oxime groups is 1. The molecule has 0 radical (unpaired) electrons. The van der Waals surface area contributed by atoms with Crippen molar-refractivity contribution < 1.29 is 19.0 Å². The first-order valence-electron chi connectivity index (χ1n) is 9.37. The summed E-state index contributed by atoms with van der Waals surface area (Å²) in [6.07, 6.45) is 5.56. The van der Waals surface area contributed by atoms with Crippen LogP contribution in [-0.2, 0) is 4.84 Å². The highest BCUT2D eigenvalue weighted by Gasteiger charge is 2.06. The molecule has 0 saturated carbocycles. The van der Waals surface area contributed by atoms with Crippen LogP contribution in [0.1, 0.15) is 23.6 Å². The van der Waals surface area contributed by atoms with Gasteiger partial charge in [0.25, 0.3) is 0 Å². The highest BCUT2D eigenvalue weighted by Crippen LogP contribution is 2.28. The Kier molecular flexibility index (Phi) is 9.17. The number of hydrogen-bond donors (Lipinski definition) is 0. The molecule has 0 amide bonds. The Hall–Kier alpha value is -3.39. The van der Waals surface area contributed by atoms with Crippen LogP contribution < -0.4 is 14.2 Å². The quantitative estimate of drug-likeness (QED) is 0.268. The van der Waals surface area contributed by atoms with E-state index in [-0.39, 0.29) is 0 Å². The number of ether oxygens (including phenoxy) is 3. The fourth-order valence-electron chi connectivity index (χ4n) is 2.56. The zero-order chi connectivity index (χ0) is 20.9. The summed E-state index contributed by atoms with van der Waals surface area (Å²) in [5, 5.41) is 3.71. The molecule has 0 N–H and O–H groups in total. The number of rotatable bonds is 9. The van der Waals surface area contributed by atoms with Gasteiger partial charge in [0.2, 0.25) is 0 Å². The summed E-state index contributed by atoms with van der Waals surface area (Å²) in [4.78, 5) is 4.65. The second-order valence-corrected chi connectivity index (χ2v) is 6.18. The van der Waals surface area contributed by atoms with Gasteiger partial charge in [-0.2, -0.15) is 0 Å². The third-order valence-electron chi connectivity index (χ3n) is 3.93. The van der Waals surface area contributed by atoms with Gasteiger partial charge in [-0.15, -0.1) is 0 Å². The number of aryl methyl sites for hydroxylation is 2. The zero-order valence-corrected chi connectivity index (χ0v) is 17.4. The van der Waals surface area contributed by atoms with Crippen molar-refractivity contribution in [1.82, 2.24) is 0 Å². The van der Waals surface area contributed by atoms with Crippen molar-refractivity contribution in [1.29, 1.82) is 0 Å². The molecular formula is C24H27NO4. The maximum atomic E-state index is 5.83. The minimum atomic E-state index is 0.296. The molecule has 0 fully saturated rings. The van der Waals surface area contributed by atoms with Gasteiger partial charge in [-0.25, -0.2) is 0 Å². The van der Waals surface area contributed by atoms with E-state index in [1.807, 2.05) is 69.3 Å². The van der Waals surface area contributed by atoms with Crippen LogP contribution in [0.3, 0.4) is 0 Å². The number of hydrogen-bond acceptors (Lipinski definition) is 5. The first kappa shape index (κ1) is 21.9. The van der Waals surface area contributed by atoms with Crippen molar-refractivity contribution in [3.63, 3.8) is 0 Å². The molecule has 2 rings (SSSR count). The molecule has 0 bridgehead atoms. The van der Waals surface area contributed by atoms with Crippen molar-refractivity contribution in [2.75, 3.05) is 26.9 Å². The van der Waals surface area contributed by atoms with Crippen LogP contribution in [0.15, 0.2) is 53.7 Å². The van der Waals surface area contributed by atoms with E-state index in [0.29, 0.717) is 19.8 Å². The first-order valence-corrected chi connectivity index (χ1v) is 9.37. The lowest BCUT2D eigenvalue weighted by Gasteiger charge is -2.12. The van der Waals surface area contributed by atoms with E-state index in [2.05, 4.69) is 21.8 Å². The number of allylic oxidation sites excluding steroid dienone is 1. The summed E-state index contributed by atoms with van der Waals surface area (Å²) in [5.74, 6) is 8.36. The highest BCUT2D eigenvalue weighted by atomic mass is 16.6. The molecule has 0 aliphatic carbocycles. The van der Waals surface area contributed by atoms with Gasteiger partial charge in [-0.3, -0.25) is 0 Å². The summed E-state index contributed by atoms with van der Waals surface area (Å²) in [5.41, 5.74) is 2.98. The second-order valence-electron chi connectivity index (χ2n) is 6.18. The van der Waals surface area contributed by atoms with Gasteiger partial charge in [0.1, 0.15) is 44.2 Å². The predicted molar refractivity (Wildman–Crippen MR) is 116 cm³/mol. The minimum Gasteiger partial charge on any atom is -0.490 e. The van der Waals surface area contributed by atoms with Gasteiger partial charge in [-0.05, 0) is 73.9 Å². The summed E-state index contributed by atoms with van der Waals surface area (Å²) < 4.78 is 17.1. The van der Waals surface area contributed by atoms with Gasteiger partial charge in [0, 0.05) is 0 Å². The average Bonchev–Trinajstić information content (AvgIpc) is 2.71. The highest BCUT2D eigenvalue weighted by molar-refractivity contribution is 5.79. The lowest BCUT2D eigenvalue weighted by molar-refractivity contribution is 0.215. The molecule has 0 spiro atoms. The van der Waals surface area contributed by atoms with Crippen LogP contribution in [0.25, 0.3) is 0 Å². The topological polar surface area (TPSA) is 49.3 Å².